The van der Waals surface area contributed by atoms with Crippen LogP contribution < -0.4 is 11.3 Å². The molecule has 1 aliphatic rings. The molecule has 5 heteroatoms. The highest BCUT2D eigenvalue weighted by Crippen LogP contribution is 2.37. The molecule has 1 heterocycles. The molecule has 0 radical (unpaired) electrons. The zero-order valence-electron chi connectivity index (χ0n) is 13.5. The minimum absolute atomic E-state index is 0.281. The lowest BCUT2D eigenvalue weighted by molar-refractivity contribution is 0.0924. The van der Waals surface area contributed by atoms with E-state index in [-0.39, 0.29) is 11.7 Å². The molecular formula is C16H27N3O2. The van der Waals surface area contributed by atoms with Crippen molar-refractivity contribution in [2.45, 2.75) is 59.0 Å². The Morgan fingerprint density at radius 1 is 1.48 bits per heavy atom. The number of hydrogen-bond acceptors (Lipinski definition) is 4. The average molecular weight is 293 g/mol. The normalized spacial score (nSPS) is 19.0. The maximum atomic E-state index is 11.5. The Hall–Kier alpha value is -1.33. The van der Waals surface area contributed by atoms with Crippen LogP contribution in [-0.2, 0) is 6.54 Å². The van der Waals surface area contributed by atoms with Crippen molar-refractivity contribution in [1.82, 2.24) is 10.3 Å². The summed E-state index contributed by atoms with van der Waals surface area (Å²) in [5, 5.41) is 0. The summed E-state index contributed by atoms with van der Waals surface area (Å²) in [7, 11) is 2.15. The summed E-state index contributed by atoms with van der Waals surface area (Å²) in [4.78, 5) is 13.9. The Labute approximate surface area is 126 Å². The minimum atomic E-state index is -0.383. The highest BCUT2D eigenvalue weighted by atomic mass is 16.4. The van der Waals surface area contributed by atoms with Gasteiger partial charge in [-0.05, 0) is 51.1 Å². The third-order valence-corrected chi connectivity index (χ3v) is 4.73. The van der Waals surface area contributed by atoms with Gasteiger partial charge in [-0.3, -0.25) is 15.1 Å². The quantitative estimate of drug-likeness (QED) is 0.508. The number of nitrogens with one attached hydrogen (secondary N) is 1. The smallest absolute Gasteiger partial charge is 0.300 e. The number of nitrogens with two attached hydrogens (primary N) is 1. The molecule has 1 fully saturated rings. The molecule has 0 bridgehead atoms. The summed E-state index contributed by atoms with van der Waals surface area (Å²) >= 11 is 0. The van der Waals surface area contributed by atoms with Crippen LogP contribution in [0.4, 0.5) is 0 Å². The molecule has 0 saturated heterocycles. The van der Waals surface area contributed by atoms with Crippen molar-refractivity contribution in [2.75, 3.05) is 7.05 Å². The highest BCUT2D eigenvalue weighted by Gasteiger charge is 2.29. The van der Waals surface area contributed by atoms with Crippen molar-refractivity contribution >= 4 is 5.91 Å². The van der Waals surface area contributed by atoms with Gasteiger partial charge in [0.15, 0.2) is 5.76 Å². The molecule has 1 amide bonds. The van der Waals surface area contributed by atoms with Gasteiger partial charge in [-0.15, -0.1) is 0 Å². The number of rotatable bonds is 4. The van der Waals surface area contributed by atoms with Gasteiger partial charge in [0.25, 0.3) is 0 Å². The molecule has 0 spiro atoms. The molecule has 1 aromatic heterocycles. The fourth-order valence-corrected chi connectivity index (χ4v) is 3.08. The SMILES string of the molecule is Cc1oc(C(=O)NN)cc1CN(C)C1CCC(C)(C)CC1. The molecule has 0 atom stereocenters. The van der Waals surface area contributed by atoms with E-state index in [1.807, 2.05) is 6.92 Å². The van der Waals surface area contributed by atoms with E-state index in [1.165, 1.54) is 25.7 Å². The Bertz CT molecular complexity index is 498. The maximum Gasteiger partial charge on any atom is 0.300 e. The first kappa shape index (κ1) is 16.0. The van der Waals surface area contributed by atoms with E-state index in [9.17, 15) is 4.79 Å². The van der Waals surface area contributed by atoms with Crippen LogP contribution in [0.25, 0.3) is 0 Å². The lowest BCUT2D eigenvalue weighted by atomic mass is 9.75. The third-order valence-electron chi connectivity index (χ3n) is 4.73. The summed E-state index contributed by atoms with van der Waals surface area (Å²) in [5.41, 5.74) is 3.64. The number of carbonyl (C=O) groups excluding carboxylic acids is 1. The summed E-state index contributed by atoms with van der Waals surface area (Å²) in [5.74, 6) is 5.82. The number of amides is 1. The molecule has 1 aromatic rings. The maximum absolute atomic E-state index is 11.5. The zero-order chi connectivity index (χ0) is 15.6. The fraction of sp³-hybridized carbons (Fsp3) is 0.688. The van der Waals surface area contributed by atoms with Gasteiger partial charge in [-0.25, -0.2) is 5.84 Å². The van der Waals surface area contributed by atoms with Crippen LogP contribution in [0, 0.1) is 12.3 Å². The van der Waals surface area contributed by atoms with Crippen LogP contribution in [0.3, 0.4) is 0 Å². The van der Waals surface area contributed by atoms with Crippen molar-refractivity contribution in [1.29, 1.82) is 0 Å². The molecule has 21 heavy (non-hydrogen) atoms. The highest BCUT2D eigenvalue weighted by molar-refractivity contribution is 5.91. The number of nitrogen functional groups attached to an aromatic ring is 1. The molecule has 2 rings (SSSR count). The third kappa shape index (κ3) is 3.86. The van der Waals surface area contributed by atoms with Gasteiger partial charge in [0.2, 0.25) is 0 Å². The van der Waals surface area contributed by atoms with Crippen LogP contribution in [0.1, 0.15) is 61.4 Å². The zero-order valence-corrected chi connectivity index (χ0v) is 13.5. The van der Waals surface area contributed by atoms with E-state index in [2.05, 4.69) is 31.2 Å². The van der Waals surface area contributed by atoms with E-state index < -0.39 is 0 Å². The van der Waals surface area contributed by atoms with E-state index in [0.29, 0.717) is 11.5 Å². The van der Waals surface area contributed by atoms with E-state index in [1.54, 1.807) is 6.07 Å². The molecule has 118 valence electrons. The van der Waals surface area contributed by atoms with Gasteiger partial charge < -0.3 is 4.42 Å². The van der Waals surface area contributed by atoms with Gasteiger partial charge in [0.1, 0.15) is 5.76 Å². The number of aryl methyl sites for hydroxylation is 1. The number of nitrogens with zero attached hydrogens (tertiary/aromatic N) is 1. The Morgan fingerprint density at radius 3 is 2.67 bits per heavy atom. The van der Waals surface area contributed by atoms with Crippen LogP contribution in [0.15, 0.2) is 10.5 Å². The summed E-state index contributed by atoms with van der Waals surface area (Å²) in [6.07, 6.45) is 5.01. The van der Waals surface area contributed by atoms with Crippen LogP contribution in [0.2, 0.25) is 0 Å². The van der Waals surface area contributed by atoms with Gasteiger partial charge in [-0.2, -0.15) is 0 Å². The second kappa shape index (κ2) is 6.20. The lowest BCUT2D eigenvalue weighted by Gasteiger charge is -2.38. The topological polar surface area (TPSA) is 71.5 Å². The summed E-state index contributed by atoms with van der Waals surface area (Å²) in [6, 6.07) is 2.40. The molecule has 3 N–H and O–H groups in total. The molecule has 0 aromatic carbocycles. The van der Waals surface area contributed by atoms with Crippen molar-refractivity contribution in [3.8, 4) is 0 Å². The monoisotopic (exact) mass is 293 g/mol. The number of carbonyl (C=O) groups is 1. The number of furan rings is 1. The molecular weight excluding hydrogens is 266 g/mol. The van der Waals surface area contributed by atoms with Crippen LogP contribution in [-0.4, -0.2) is 23.9 Å². The van der Waals surface area contributed by atoms with Crippen molar-refractivity contribution in [2.24, 2.45) is 11.3 Å². The van der Waals surface area contributed by atoms with Crippen molar-refractivity contribution in [3.63, 3.8) is 0 Å². The van der Waals surface area contributed by atoms with E-state index in [0.717, 1.165) is 17.9 Å². The predicted octanol–water partition coefficient (Wildman–Crippen LogP) is 2.59. The van der Waals surface area contributed by atoms with Crippen LogP contribution >= 0.6 is 0 Å². The van der Waals surface area contributed by atoms with Gasteiger partial charge in [0, 0.05) is 18.2 Å². The molecule has 0 aliphatic heterocycles. The van der Waals surface area contributed by atoms with Crippen molar-refractivity contribution < 1.29 is 9.21 Å². The van der Waals surface area contributed by atoms with Crippen molar-refractivity contribution in [3.05, 3.63) is 23.2 Å². The molecule has 5 nitrogen and oxygen atoms in total. The second-order valence-electron chi connectivity index (χ2n) is 6.98. The Balaban J connectivity index is 1.98. The van der Waals surface area contributed by atoms with Crippen LogP contribution in [0.5, 0.6) is 0 Å². The van der Waals surface area contributed by atoms with Gasteiger partial charge in [-0.1, -0.05) is 13.8 Å². The Morgan fingerprint density at radius 2 is 2.10 bits per heavy atom. The second-order valence-corrected chi connectivity index (χ2v) is 6.98. The molecule has 1 aliphatic carbocycles. The number of hydrogen-bond donors (Lipinski definition) is 2. The first-order chi connectivity index (χ1) is 9.82. The summed E-state index contributed by atoms with van der Waals surface area (Å²) < 4.78 is 5.47. The lowest BCUT2D eigenvalue weighted by Crippen LogP contribution is -2.36. The van der Waals surface area contributed by atoms with Gasteiger partial charge >= 0.3 is 5.91 Å². The first-order valence-electron chi connectivity index (χ1n) is 7.63. The van der Waals surface area contributed by atoms with E-state index in [4.69, 9.17) is 10.3 Å². The molecule has 1 saturated carbocycles. The minimum Gasteiger partial charge on any atom is -0.456 e. The Kier molecular flexibility index (Phi) is 4.74. The largest absolute Gasteiger partial charge is 0.456 e. The number of hydrazine groups is 1. The fourth-order valence-electron chi connectivity index (χ4n) is 3.08. The standard InChI is InChI=1S/C16H27N3O2/c1-11-12(9-14(21-11)15(20)18-17)10-19(4)13-5-7-16(2,3)8-6-13/h9,13H,5-8,10,17H2,1-4H3,(H,18,20). The van der Waals surface area contributed by atoms with E-state index >= 15 is 0 Å². The summed E-state index contributed by atoms with van der Waals surface area (Å²) in [6.45, 7) is 7.39. The molecule has 0 unspecified atom stereocenters. The average Bonchev–Trinajstić information content (AvgIpc) is 2.79. The first-order valence-corrected chi connectivity index (χ1v) is 7.63. The predicted molar refractivity (Wildman–Crippen MR) is 82.6 cm³/mol. The van der Waals surface area contributed by atoms with Gasteiger partial charge in [0.05, 0.1) is 0 Å².